The number of hydrogen-bond acceptors (Lipinski definition) is 5. The van der Waals surface area contributed by atoms with E-state index in [0.717, 1.165) is 51.9 Å². The molecule has 7 heteroatoms. The van der Waals surface area contributed by atoms with Crippen molar-refractivity contribution in [3.8, 4) is 0 Å². The summed E-state index contributed by atoms with van der Waals surface area (Å²) in [5, 5.41) is 0. The van der Waals surface area contributed by atoms with E-state index in [1.165, 1.54) is 35.2 Å². The molecule has 1 aliphatic carbocycles. The van der Waals surface area contributed by atoms with Crippen LogP contribution in [0.25, 0.3) is 0 Å². The van der Waals surface area contributed by atoms with Gasteiger partial charge in [-0.05, 0) is 67.3 Å². The van der Waals surface area contributed by atoms with Crippen molar-refractivity contribution in [2.45, 2.75) is 62.8 Å². The fraction of sp³-hybridized carbons (Fsp3) is 0.548. The molecule has 3 saturated heterocycles. The highest BCUT2D eigenvalue weighted by Crippen LogP contribution is 2.33. The third-order valence-electron chi connectivity index (χ3n) is 9.19. The Bertz CT molecular complexity index is 1110. The van der Waals surface area contributed by atoms with E-state index in [4.69, 9.17) is 4.74 Å². The summed E-state index contributed by atoms with van der Waals surface area (Å²) in [7, 11) is 1.90. The minimum atomic E-state index is -0.779. The Morgan fingerprint density at radius 2 is 1.63 bits per heavy atom. The maximum atomic E-state index is 13.9. The number of epoxide rings is 1. The maximum absolute atomic E-state index is 13.9. The minimum Gasteiger partial charge on any atom is -0.372 e. The van der Waals surface area contributed by atoms with Crippen molar-refractivity contribution in [2.24, 2.45) is 0 Å². The van der Waals surface area contributed by atoms with Gasteiger partial charge >= 0.3 is 6.03 Å². The van der Waals surface area contributed by atoms with E-state index >= 15 is 0 Å². The molecule has 2 amide bonds. The average molecular weight is 517 g/mol. The van der Waals surface area contributed by atoms with E-state index in [1.807, 2.05) is 16.8 Å². The standard InChI is InChI=1S/C31H40N4O3/c1-32(28-18-25-6-2-3-7-26(25)19-28)30(37)35(21-29-22-38-29)31(23-36)12-16-33(17-13-31)20-24-8-10-27(11-9-24)34-14-4-5-15-34/h2-3,6-11,23,28-29H,4-5,12-22H2,1H3. The van der Waals surface area contributed by atoms with Crippen molar-refractivity contribution in [3.05, 3.63) is 65.2 Å². The Morgan fingerprint density at radius 1 is 1.00 bits per heavy atom. The Labute approximate surface area is 226 Å². The second-order valence-electron chi connectivity index (χ2n) is 11.6. The molecule has 4 aliphatic rings. The maximum Gasteiger partial charge on any atom is 0.320 e. The van der Waals surface area contributed by atoms with Crippen LogP contribution in [0.1, 0.15) is 42.4 Å². The van der Waals surface area contributed by atoms with E-state index in [0.29, 0.717) is 26.0 Å². The molecule has 6 rings (SSSR count). The summed E-state index contributed by atoms with van der Waals surface area (Å²) in [6.45, 7) is 5.92. The largest absolute Gasteiger partial charge is 0.372 e. The summed E-state index contributed by atoms with van der Waals surface area (Å²) in [6.07, 6.45) is 6.69. The molecule has 0 aromatic heterocycles. The molecule has 1 atom stereocenters. The molecule has 0 bridgehead atoms. The third kappa shape index (κ3) is 5.19. The van der Waals surface area contributed by atoms with Gasteiger partial charge < -0.3 is 24.2 Å². The number of likely N-dealkylation sites (N-methyl/N-ethyl adjacent to an activating group) is 1. The topological polar surface area (TPSA) is 59.6 Å². The molecular formula is C31H40N4O3. The van der Waals surface area contributed by atoms with Crippen molar-refractivity contribution in [1.29, 1.82) is 0 Å². The van der Waals surface area contributed by atoms with Crippen LogP contribution in [0.2, 0.25) is 0 Å². The molecule has 2 aromatic rings. The first kappa shape index (κ1) is 25.4. The van der Waals surface area contributed by atoms with E-state index in [-0.39, 0.29) is 18.2 Å². The van der Waals surface area contributed by atoms with Gasteiger partial charge in [-0.3, -0.25) is 4.90 Å². The summed E-state index contributed by atoms with van der Waals surface area (Å²) in [5.41, 5.74) is 4.48. The molecule has 7 nitrogen and oxygen atoms in total. The van der Waals surface area contributed by atoms with Gasteiger partial charge in [0.2, 0.25) is 0 Å². The van der Waals surface area contributed by atoms with Crippen LogP contribution in [0.4, 0.5) is 10.5 Å². The van der Waals surface area contributed by atoms with Gasteiger partial charge in [-0.2, -0.15) is 0 Å². The van der Waals surface area contributed by atoms with E-state index in [2.05, 4.69) is 58.3 Å². The Kier molecular flexibility index (Phi) is 7.14. The third-order valence-corrected chi connectivity index (χ3v) is 9.19. The zero-order valence-electron chi connectivity index (χ0n) is 22.6. The summed E-state index contributed by atoms with van der Waals surface area (Å²) < 4.78 is 5.53. The van der Waals surface area contributed by atoms with Crippen LogP contribution in [-0.2, 0) is 28.9 Å². The van der Waals surface area contributed by atoms with Gasteiger partial charge in [-0.15, -0.1) is 0 Å². The highest BCUT2D eigenvalue weighted by molar-refractivity contribution is 5.81. The molecule has 3 aliphatic heterocycles. The lowest BCUT2D eigenvalue weighted by Crippen LogP contribution is -2.62. The zero-order valence-corrected chi connectivity index (χ0v) is 22.6. The van der Waals surface area contributed by atoms with Crippen molar-refractivity contribution >= 4 is 18.0 Å². The highest BCUT2D eigenvalue weighted by Gasteiger charge is 2.46. The van der Waals surface area contributed by atoms with Crippen LogP contribution in [0.15, 0.2) is 48.5 Å². The first-order valence-corrected chi connectivity index (χ1v) is 14.3. The first-order valence-electron chi connectivity index (χ1n) is 14.3. The number of carbonyl (C=O) groups is 2. The van der Waals surface area contributed by atoms with Gasteiger partial charge in [0.05, 0.1) is 19.3 Å². The lowest BCUT2D eigenvalue weighted by atomic mass is 9.86. The number of rotatable bonds is 8. The number of ether oxygens (including phenoxy) is 1. The molecule has 0 N–H and O–H groups in total. The second-order valence-corrected chi connectivity index (χ2v) is 11.6. The number of fused-ring (bicyclic) bond motifs is 1. The van der Waals surface area contributed by atoms with Crippen molar-refractivity contribution in [1.82, 2.24) is 14.7 Å². The molecule has 2 aromatic carbocycles. The number of anilines is 1. The molecule has 0 spiro atoms. The zero-order chi connectivity index (χ0) is 26.1. The molecule has 38 heavy (non-hydrogen) atoms. The molecule has 1 unspecified atom stereocenters. The Morgan fingerprint density at radius 3 is 2.21 bits per heavy atom. The quantitative estimate of drug-likeness (QED) is 0.395. The molecule has 3 heterocycles. The van der Waals surface area contributed by atoms with Crippen LogP contribution in [0.3, 0.4) is 0 Å². The van der Waals surface area contributed by atoms with Crippen LogP contribution in [-0.4, -0.2) is 91.1 Å². The molecule has 0 radical (unpaired) electrons. The summed E-state index contributed by atoms with van der Waals surface area (Å²) in [5.74, 6) is 0. The number of benzene rings is 2. The van der Waals surface area contributed by atoms with E-state index in [9.17, 15) is 9.59 Å². The normalized spacial score (nSPS) is 22.8. The Balaban J connectivity index is 1.10. The molecule has 202 valence electrons. The van der Waals surface area contributed by atoms with E-state index < -0.39 is 5.54 Å². The molecule has 3 fully saturated rings. The van der Waals surface area contributed by atoms with Crippen LogP contribution < -0.4 is 4.90 Å². The number of piperidine rings is 1. The lowest BCUT2D eigenvalue weighted by molar-refractivity contribution is -0.120. The fourth-order valence-corrected chi connectivity index (χ4v) is 6.58. The summed E-state index contributed by atoms with van der Waals surface area (Å²) in [4.78, 5) is 35.2. The van der Waals surface area contributed by atoms with Gasteiger partial charge in [0.15, 0.2) is 0 Å². The number of nitrogens with zero attached hydrogens (tertiary/aromatic N) is 4. The van der Waals surface area contributed by atoms with Gasteiger partial charge in [0, 0.05) is 51.5 Å². The van der Waals surface area contributed by atoms with Crippen LogP contribution in [0.5, 0.6) is 0 Å². The number of likely N-dealkylation sites (tertiary alicyclic amines) is 1. The van der Waals surface area contributed by atoms with Gasteiger partial charge in [0.25, 0.3) is 0 Å². The smallest absolute Gasteiger partial charge is 0.320 e. The SMILES string of the molecule is CN(C(=O)N(CC1CO1)C1(C=O)CCN(Cc2ccc(N3CCCC3)cc2)CC1)C1Cc2ccccc2C1. The molecule has 0 saturated carbocycles. The van der Waals surface area contributed by atoms with Gasteiger partial charge in [-0.1, -0.05) is 36.4 Å². The summed E-state index contributed by atoms with van der Waals surface area (Å²) >= 11 is 0. The number of urea groups is 1. The molecular weight excluding hydrogens is 476 g/mol. The monoisotopic (exact) mass is 516 g/mol. The van der Waals surface area contributed by atoms with Crippen molar-refractivity contribution < 1.29 is 14.3 Å². The number of amides is 2. The van der Waals surface area contributed by atoms with Gasteiger partial charge in [-0.25, -0.2) is 4.79 Å². The second kappa shape index (κ2) is 10.7. The first-order chi connectivity index (χ1) is 18.5. The number of hydrogen-bond donors (Lipinski definition) is 0. The number of aldehydes is 1. The highest BCUT2D eigenvalue weighted by atomic mass is 16.6. The average Bonchev–Trinajstić information content (AvgIpc) is 3.42. The van der Waals surface area contributed by atoms with Gasteiger partial charge in [0.1, 0.15) is 11.8 Å². The van der Waals surface area contributed by atoms with Crippen LogP contribution >= 0.6 is 0 Å². The lowest BCUT2D eigenvalue weighted by Gasteiger charge is -2.47. The van der Waals surface area contributed by atoms with Crippen molar-refractivity contribution in [2.75, 3.05) is 51.3 Å². The number of carbonyl (C=O) groups excluding carboxylic acids is 2. The van der Waals surface area contributed by atoms with Crippen molar-refractivity contribution in [3.63, 3.8) is 0 Å². The fourth-order valence-electron chi connectivity index (χ4n) is 6.58. The van der Waals surface area contributed by atoms with E-state index in [1.54, 1.807) is 0 Å². The predicted octanol–water partition coefficient (Wildman–Crippen LogP) is 3.74. The minimum absolute atomic E-state index is 0.0390. The predicted molar refractivity (Wildman–Crippen MR) is 148 cm³/mol. The van der Waals surface area contributed by atoms with Crippen LogP contribution in [0, 0.1) is 0 Å². The Hall–Kier alpha value is -2.90. The summed E-state index contributed by atoms with van der Waals surface area (Å²) in [6, 6.07) is 17.5.